The molecule has 0 saturated heterocycles. The second-order valence-electron chi connectivity index (χ2n) is 15.7. The maximum absolute atomic E-state index is 10.4. The molecule has 0 rings (SSSR count). The van der Waals surface area contributed by atoms with Crippen LogP contribution in [0.25, 0.3) is 0 Å². The molecule has 0 aromatic heterocycles. The summed E-state index contributed by atoms with van der Waals surface area (Å²) in [5.41, 5.74) is 0. The third kappa shape index (κ3) is 59.1. The van der Waals surface area contributed by atoms with Crippen molar-refractivity contribution in [2.75, 3.05) is 0 Å². The van der Waals surface area contributed by atoms with Gasteiger partial charge in [-0.05, 0) is 12.8 Å². The Balaban J connectivity index is -0.000000886. The van der Waals surface area contributed by atoms with Crippen molar-refractivity contribution in [1.29, 1.82) is 0 Å². The third-order valence-corrected chi connectivity index (χ3v) is 10.5. The topological polar surface area (TPSA) is 74.6 Å². The van der Waals surface area contributed by atoms with Crippen LogP contribution in [-0.4, -0.2) is 22.2 Å². The van der Waals surface area contributed by atoms with Crippen LogP contribution in [0, 0.1) is 0 Å². The fourth-order valence-corrected chi connectivity index (χ4v) is 7.06. The van der Waals surface area contributed by atoms with Crippen molar-refractivity contribution in [1.82, 2.24) is 0 Å². The zero-order valence-corrected chi connectivity index (χ0v) is 38.1. The van der Waals surface area contributed by atoms with Gasteiger partial charge in [-0.25, -0.2) is 0 Å². The van der Waals surface area contributed by atoms with Crippen molar-refractivity contribution in [3.8, 4) is 0 Å². The second-order valence-corrected chi connectivity index (χ2v) is 15.7. The fraction of sp³-hybridized carbons (Fsp3) is 0.957. The van der Waals surface area contributed by atoms with Gasteiger partial charge in [-0.1, -0.05) is 258 Å². The van der Waals surface area contributed by atoms with E-state index < -0.39 is 11.9 Å². The number of hydrogen-bond donors (Lipinski definition) is 2. The molecule has 0 fully saturated rings. The maximum Gasteiger partial charge on any atom is 0.303 e. The number of carbonyl (C=O) groups is 2. The van der Waals surface area contributed by atoms with E-state index in [1.807, 2.05) is 0 Å². The summed E-state index contributed by atoms with van der Waals surface area (Å²) in [5, 5.41) is 17.1. The van der Waals surface area contributed by atoms with Crippen LogP contribution >= 0.6 is 0 Å². The quantitative estimate of drug-likeness (QED) is 0.0478. The molecule has 0 spiro atoms. The molecule has 2 N–H and O–H groups in total. The zero-order chi connectivity index (χ0) is 36.9. The van der Waals surface area contributed by atoms with Gasteiger partial charge in [0.2, 0.25) is 0 Å². The molecule has 51 heavy (non-hydrogen) atoms. The monoisotopic (exact) mass is 773 g/mol. The van der Waals surface area contributed by atoms with E-state index in [2.05, 4.69) is 13.8 Å². The minimum absolute atomic E-state index is 0. The van der Waals surface area contributed by atoms with E-state index in [9.17, 15) is 9.59 Å². The molecule has 5 heteroatoms. The van der Waals surface area contributed by atoms with Crippen LogP contribution in [0.2, 0.25) is 0 Å². The normalized spacial score (nSPS) is 10.9. The van der Waals surface area contributed by atoms with E-state index in [4.69, 9.17) is 10.2 Å². The van der Waals surface area contributed by atoms with Crippen molar-refractivity contribution < 1.29 is 39.3 Å². The number of carboxylic acids is 2. The summed E-state index contributed by atoms with van der Waals surface area (Å²) in [6.45, 7) is 4.57. The SMILES string of the molecule is CCCCCCCCCCCCCCCCCCCCCCC(=O)O.CCCCCCCCCCCCCCCCCCCCCCC(=O)O.[Zn]. The minimum atomic E-state index is -0.651. The number of aliphatic carboxylic acids is 2. The first kappa shape index (κ1) is 54.9. The van der Waals surface area contributed by atoms with Gasteiger partial charge >= 0.3 is 11.9 Å². The van der Waals surface area contributed by atoms with Gasteiger partial charge in [0.15, 0.2) is 0 Å². The Morgan fingerprint density at radius 2 is 0.373 bits per heavy atom. The summed E-state index contributed by atoms with van der Waals surface area (Å²) >= 11 is 0. The van der Waals surface area contributed by atoms with Crippen molar-refractivity contribution in [3.05, 3.63) is 0 Å². The molecule has 302 valence electrons. The Morgan fingerprint density at radius 3 is 0.490 bits per heavy atom. The molecular formula is C46H92O4Zn. The first-order valence-electron chi connectivity index (χ1n) is 23.0. The standard InChI is InChI=1S/2C23H46O2.Zn/c2*1-2-3-4-5-6-7-8-9-10-11-12-13-14-15-16-17-18-19-20-21-22-23(24)25;/h2*2-22H2,1H3,(H,24,25);. The molecule has 0 aromatic carbocycles. The summed E-state index contributed by atoms with van der Waals surface area (Å²) in [6, 6.07) is 0. The van der Waals surface area contributed by atoms with E-state index in [1.54, 1.807) is 0 Å². The van der Waals surface area contributed by atoms with Crippen LogP contribution in [0.4, 0.5) is 0 Å². The van der Waals surface area contributed by atoms with Crippen LogP contribution in [0.1, 0.15) is 284 Å². The summed E-state index contributed by atoms with van der Waals surface area (Å²) in [5.74, 6) is -1.30. The van der Waals surface area contributed by atoms with E-state index in [0.717, 1.165) is 25.7 Å². The molecule has 0 saturated carbocycles. The number of unbranched alkanes of at least 4 members (excludes halogenated alkanes) is 38. The van der Waals surface area contributed by atoms with Crippen molar-refractivity contribution in [2.45, 2.75) is 284 Å². The summed E-state index contributed by atoms with van der Waals surface area (Å²) < 4.78 is 0. The molecule has 0 radical (unpaired) electrons. The van der Waals surface area contributed by atoms with Crippen molar-refractivity contribution >= 4 is 11.9 Å². The smallest absolute Gasteiger partial charge is 0.303 e. The first-order valence-corrected chi connectivity index (χ1v) is 23.0. The van der Waals surface area contributed by atoms with Gasteiger partial charge in [-0.3, -0.25) is 9.59 Å². The summed E-state index contributed by atoms with van der Waals surface area (Å²) in [6.07, 6.45) is 55.2. The molecule has 0 aromatic rings. The number of carboxylic acid groups (broad SMARTS) is 2. The van der Waals surface area contributed by atoms with Gasteiger partial charge < -0.3 is 10.2 Å². The van der Waals surface area contributed by atoms with E-state index in [-0.39, 0.29) is 19.5 Å². The van der Waals surface area contributed by atoms with Crippen LogP contribution in [0.3, 0.4) is 0 Å². The molecule has 0 aliphatic carbocycles. The second kappa shape index (κ2) is 51.7. The number of hydrogen-bond acceptors (Lipinski definition) is 2. The zero-order valence-electron chi connectivity index (χ0n) is 35.1. The minimum Gasteiger partial charge on any atom is -0.481 e. The molecular weight excluding hydrogens is 682 g/mol. The van der Waals surface area contributed by atoms with Crippen molar-refractivity contribution in [2.24, 2.45) is 0 Å². The first-order chi connectivity index (χ1) is 24.5. The Labute approximate surface area is 333 Å². The maximum atomic E-state index is 10.4. The van der Waals surface area contributed by atoms with Crippen LogP contribution < -0.4 is 0 Å². The molecule has 0 heterocycles. The Kier molecular flexibility index (Phi) is 55.6. The van der Waals surface area contributed by atoms with Gasteiger partial charge in [0.05, 0.1) is 0 Å². The largest absolute Gasteiger partial charge is 0.481 e. The van der Waals surface area contributed by atoms with Crippen LogP contribution in [-0.2, 0) is 29.1 Å². The predicted octanol–water partition coefficient (Wildman–Crippen LogP) is 16.6. The van der Waals surface area contributed by atoms with Gasteiger partial charge in [0.25, 0.3) is 0 Å². The van der Waals surface area contributed by atoms with Crippen LogP contribution in [0.5, 0.6) is 0 Å². The molecule has 4 nitrogen and oxygen atoms in total. The third-order valence-electron chi connectivity index (χ3n) is 10.5. The van der Waals surface area contributed by atoms with Gasteiger partial charge in [-0.2, -0.15) is 0 Å². The van der Waals surface area contributed by atoms with E-state index in [1.165, 1.54) is 231 Å². The molecule has 0 aliphatic heterocycles. The molecule has 0 unspecified atom stereocenters. The Bertz CT molecular complexity index is 587. The molecule has 0 amide bonds. The molecule has 0 bridgehead atoms. The fourth-order valence-electron chi connectivity index (χ4n) is 7.06. The molecule has 0 aliphatic rings. The summed E-state index contributed by atoms with van der Waals surface area (Å²) in [7, 11) is 0. The van der Waals surface area contributed by atoms with Crippen LogP contribution in [0.15, 0.2) is 0 Å². The van der Waals surface area contributed by atoms with Crippen molar-refractivity contribution in [3.63, 3.8) is 0 Å². The number of rotatable bonds is 42. The molecule has 0 atom stereocenters. The average molecular weight is 775 g/mol. The summed E-state index contributed by atoms with van der Waals surface area (Å²) in [4.78, 5) is 20.8. The predicted molar refractivity (Wildman–Crippen MR) is 221 cm³/mol. The Hall–Kier alpha value is -0.437. The van der Waals surface area contributed by atoms with Gasteiger partial charge in [0, 0.05) is 32.3 Å². The van der Waals surface area contributed by atoms with Gasteiger partial charge in [0.1, 0.15) is 0 Å². The van der Waals surface area contributed by atoms with E-state index in [0.29, 0.717) is 12.8 Å². The van der Waals surface area contributed by atoms with Gasteiger partial charge in [-0.15, -0.1) is 0 Å². The average Bonchev–Trinajstić information content (AvgIpc) is 3.10. The Morgan fingerprint density at radius 1 is 0.255 bits per heavy atom. The van der Waals surface area contributed by atoms with E-state index >= 15 is 0 Å².